The van der Waals surface area contributed by atoms with Crippen molar-refractivity contribution in [2.24, 2.45) is 5.92 Å². The Bertz CT molecular complexity index is 477. The predicted octanol–water partition coefficient (Wildman–Crippen LogP) is 3.04. The van der Waals surface area contributed by atoms with Crippen LogP contribution in [-0.2, 0) is 9.53 Å². The summed E-state index contributed by atoms with van der Waals surface area (Å²) in [5.74, 6) is 0.232. The lowest BCUT2D eigenvalue weighted by Crippen LogP contribution is -2.32. The minimum Gasteiger partial charge on any atom is -0.381 e. The maximum absolute atomic E-state index is 12.4. The Morgan fingerprint density at radius 3 is 2.57 bits per heavy atom. The van der Waals surface area contributed by atoms with E-state index in [0.29, 0.717) is 13.2 Å². The van der Waals surface area contributed by atoms with Crippen molar-refractivity contribution in [1.82, 2.24) is 0 Å². The Morgan fingerprint density at radius 1 is 1.10 bits per heavy atom. The lowest BCUT2D eigenvalue weighted by Gasteiger charge is -2.31. The molecule has 0 radical (unpaired) electrons. The topological polar surface area (TPSA) is 41.6 Å². The fraction of sp³-hybridized carbons (Fsp3) is 0.588. The fourth-order valence-electron chi connectivity index (χ4n) is 3.18. The molecule has 0 saturated carbocycles. The van der Waals surface area contributed by atoms with E-state index in [2.05, 4.69) is 16.3 Å². The van der Waals surface area contributed by atoms with Gasteiger partial charge in [-0.25, -0.2) is 0 Å². The van der Waals surface area contributed by atoms with Gasteiger partial charge in [-0.05, 0) is 44.2 Å². The van der Waals surface area contributed by atoms with Crippen molar-refractivity contribution in [3.63, 3.8) is 0 Å². The Balaban J connectivity index is 1.70. The van der Waals surface area contributed by atoms with Crippen LogP contribution in [0.1, 0.15) is 32.1 Å². The van der Waals surface area contributed by atoms with Gasteiger partial charge in [0, 0.05) is 32.2 Å². The molecule has 114 valence electrons. The van der Waals surface area contributed by atoms with Crippen molar-refractivity contribution in [1.29, 1.82) is 0 Å². The Kier molecular flexibility index (Phi) is 4.76. The Morgan fingerprint density at radius 2 is 1.81 bits per heavy atom. The van der Waals surface area contributed by atoms with Gasteiger partial charge >= 0.3 is 0 Å². The maximum atomic E-state index is 12.4. The average molecular weight is 288 g/mol. The molecule has 0 atom stereocenters. The summed E-state index contributed by atoms with van der Waals surface area (Å²) in [4.78, 5) is 14.8. The van der Waals surface area contributed by atoms with E-state index >= 15 is 0 Å². The van der Waals surface area contributed by atoms with Gasteiger partial charge in [-0.15, -0.1) is 0 Å². The number of piperidine rings is 1. The molecule has 2 fully saturated rings. The van der Waals surface area contributed by atoms with Gasteiger partial charge in [-0.2, -0.15) is 0 Å². The molecule has 2 aliphatic heterocycles. The number of anilines is 2. The second-order valence-electron chi connectivity index (χ2n) is 5.94. The summed E-state index contributed by atoms with van der Waals surface area (Å²) in [5, 5.41) is 3.14. The van der Waals surface area contributed by atoms with Crippen molar-refractivity contribution in [3.05, 3.63) is 24.3 Å². The number of nitrogens with one attached hydrogen (secondary N) is 1. The highest BCUT2D eigenvalue weighted by atomic mass is 16.5. The van der Waals surface area contributed by atoms with Crippen LogP contribution in [-0.4, -0.2) is 32.2 Å². The van der Waals surface area contributed by atoms with E-state index in [9.17, 15) is 4.79 Å². The van der Waals surface area contributed by atoms with Crippen LogP contribution in [0.5, 0.6) is 0 Å². The summed E-state index contributed by atoms with van der Waals surface area (Å²) in [6.07, 6.45) is 5.45. The van der Waals surface area contributed by atoms with Crippen LogP contribution in [0.4, 0.5) is 11.4 Å². The summed E-state index contributed by atoms with van der Waals surface area (Å²) in [7, 11) is 0. The Hall–Kier alpha value is -1.55. The number of hydrogen-bond acceptors (Lipinski definition) is 3. The van der Waals surface area contributed by atoms with E-state index in [1.54, 1.807) is 0 Å². The maximum Gasteiger partial charge on any atom is 0.227 e. The largest absolute Gasteiger partial charge is 0.381 e. The standard InChI is InChI=1S/C17H24N2O2/c20-17(14-8-12-21-13-9-14)18-15-6-2-3-7-16(15)19-10-4-1-5-11-19/h2-3,6-7,14H,1,4-5,8-13H2,(H,18,20). The zero-order chi connectivity index (χ0) is 14.5. The molecule has 2 aliphatic rings. The highest BCUT2D eigenvalue weighted by molar-refractivity contribution is 5.95. The highest BCUT2D eigenvalue weighted by Gasteiger charge is 2.23. The van der Waals surface area contributed by atoms with Crippen molar-refractivity contribution < 1.29 is 9.53 Å². The number of ether oxygens (including phenoxy) is 1. The molecule has 2 heterocycles. The third-order valence-corrected chi connectivity index (χ3v) is 4.45. The van der Waals surface area contributed by atoms with E-state index in [1.165, 1.54) is 19.3 Å². The molecule has 4 nitrogen and oxygen atoms in total. The minimum atomic E-state index is 0.0909. The van der Waals surface area contributed by atoms with Gasteiger partial charge in [0.1, 0.15) is 0 Å². The van der Waals surface area contributed by atoms with Gasteiger partial charge in [0.15, 0.2) is 0 Å². The van der Waals surface area contributed by atoms with Crippen LogP contribution >= 0.6 is 0 Å². The summed E-state index contributed by atoms with van der Waals surface area (Å²) in [6, 6.07) is 8.17. The number of hydrogen-bond donors (Lipinski definition) is 1. The normalized spacial score (nSPS) is 20.3. The first-order valence-corrected chi connectivity index (χ1v) is 8.07. The molecule has 0 aliphatic carbocycles. The summed E-state index contributed by atoms with van der Waals surface area (Å²) in [5.41, 5.74) is 2.12. The van der Waals surface area contributed by atoms with Gasteiger partial charge in [0.05, 0.1) is 11.4 Å². The van der Waals surface area contributed by atoms with Gasteiger partial charge in [-0.3, -0.25) is 4.79 Å². The highest BCUT2D eigenvalue weighted by Crippen LogP contribution is 2.29. The zero-order valence-electron chi connectivity index (χ0n) is 12.5. The first-order chi connectivity index (χ1) is 10.3. The molecule has 4 heteroatoms. The number of rotatable bonds is 3. The summed E-state index contributed by atoms with van der Waals surface area (Å²) >= 11 is 0. The molecule has 1 aromatic carbocycles. The van der Waals surface area contributed by atoms with Crippen LogP contribution in [0.3, 0.4) is 0 Å². The molecule has 21 heavy (non-hydrogen) atoms. The number of para-hydroxylation sites is 2. The van der Waals surface area contributed by atoms with Crippen molar-refractivity contribution in [3.8, 4) is 0 Å². The molecule has 1 amide bonds. The number of amides is 1. The third-order valence-electron chi connectivity index (χ3n) is 4.45. The van der Waals surface area contributed by atoms with Crippen LogP contribution < -0.4 is 10.2 Å². The minimum absolute atomic E-state index is 0.0909. The number of carbonyl (C=O) groups excluding carboxylic acids is 1. The van der Waals surface area contributed by atoms with E-state index in [4.69, 9.17) is 4.74 Å². The van der Waals surface area contributed by atoms with Crippen LogP contribution in [0.25, 0.3) is 0 Å². The van der Waals surface area contributed by atoms with Crippen molar-refractivity contribution in [2.45, 2.75) is 32.1 Å². The van der Waals surface area contributed by atoms with E-state index in [-0.39, 0.29) is 11.8 Å². The first-order valence-electron chi connectivity index (χ1n) is 8.07. The Labute approximate surface area is 126 Å². The molecule has 0 spiro atoms. The molecule has 0 bridgehead atoms. The quantitative estimate of drug-likeness (QED) is 0.929. The number of benzene rings is 1. The average Bonchev–Trinajstić information content (AvgIpc) is 2.57. The number of nitrogens with zero attached hydrogens (tertiary/aromatic N) is 1. The molecule has 0 unspecified atom stereocenters. The molecular weight excluding hydrogens is 264 g/mol. The molecule has 1 aromatic rings. The number of carbonyl (C=O) groups is 1. The van der Waals surface area contributed by atoms with Crippen LogP contribution in [0, 0.1) is 5.92 Å². The summed E-state index contributed by atoms with van der Waals surface area (Å²) in [6.45, 7) is 3.58. The molecule has 3 rings (SSSR count). The third kappa shape index (κ3) is 3.56. The van der Waals surface area contributed by atoms with Gasteiger partial charge in [-0.1, -0.05) is 12.1 Å². The smallest absolute Gasteiger partial charge is 0.227 e. The second-order valence-corrected chi connectivity index (χ2v) is 5.94. The van der Waals surface area contributed by atoms with Crippen LogP contribution in [0.2, 0.25) is 0 Å². The zero-order valence-corrected chi connectivity index (χ0v) is 12.5. The van der Waals surface area contributed by atoms with Gasteiger partial charge in [0.2, 0.25) is 5.91 Å². The van der Waals surface area contributed by atoms with Crippen molar-refractivity contribution >= 4 is 17.3 Å². The monoisotopic (exact) mass is 288 g/mol. The van der Waals surface area contributed by atoms with E-state index < -0.39 is 0 Å². The SMILES string of the molecule is O=C(Nc1ccccc1N1CCCCC1)C1CCOCC1. The van der Waals surface area contributed by atoms with E-state index in [0.717, 1.165) is 37.3 Å². The first kappa shape index (κ1) is 14.4. The van der Waals surface area contributed by atoms with E-state index in [1.807, 2.05) is 18.2 Å². The van der Waals surface area contributed by atoms with Crippen LogP contribution in [0.15, 0.2) is 24.3 Å². The van der Waals surface area contributed by atoms with Gasteiger partial charge in [0.25, 0.3) is 0 Å². The molecule has 1 N–H and O–H groups in total. The van der Waals surface area contributed by atoms with Gasteiger partial charge < -0.3 is 15.0 Å². The van der Waals surface area contributed by atoms with Crippen molar-refractivity contribution in [2.75, 3.05) is 36.5 Å². The summed E-state index contributed by atoms with van der Waals surface area (Å²) < 4.78 is 5.33. The molecule has 0 aromatic heterocycles. The molecule has 2 saturated heterocycles. The predicted molar refractivity (Wildman–Crippen MR) is 84.7 cm³/mol. The lowest BCUT2D eigenvalue weighted by atomic mass is 9.99. The fourth-order valence-corrected chi connectivity index (χ4v) is 3.18. The lowest BCUT2D eigenvalue weighted by molar-refractivity contribution is -0.122. The molecular formula is C17H24N2O2. The second kappa shape index (κ2) is 6.94.